The van der Waals surface area contributed by atoms with Gasteiger partial charge >= 0.3 is 0 Å². The summed E-state index contributed by atoms with van der Waals surface area (Å²) >= 11 is 6.03. The lowest BCUT2D eigenvalue weighted by Crippen LogP contribution is -2.30. The Bertz CT molecular complexity index is 582. The van der Waals surface area contributed by atoms with Gasteiger partial charge in [-0.3, -0.25) is 5.84 Å². The Kier molecular flexibility index (Phi) is 4.14. The van der Waals surface area contributed by atoms with Crippen molar-refractivity contribution in [3.8, 4) is 0 Å². The molecular weight excluding hydrogens is 270 g/mol. The molecule has 2 nitrogen and oxygen atoms in total. The third-order valence-electron chi connectivity index (χ3n) is 3.00. The lowest BCUT2D eigenvalue weighted by Gasteiger charge is -2.20. The van der Waals surface area contributed by atoms with Gasteiger partial charge in [-0.1, -0.05) is 23.7 Å². The average Bonchev–Trinajstić information content (AvgIpc) is 2.35. The van der Waals surface area contributed by atoms with E-state index < -0.39 is 11.9 Å². The lowest BCUT2D eigenvalue weighted by molar-refractivity contribution is 0.557. The number of nitrogens with one attached hydrogen (secondary N) is 1. The molecule has 0 radical (unpaired) electrons. The zero-order valence-corrected chi connectivity index (χ0v) is 11.0. The minimum absolute atomic E-state index is 0.251. The van der Waals surface area contributed by atoms with Crippen LogP contribution in [0.2, 0.25) is 5.02 Å². The first-order valence-corrected chi connectivity index (χ1v) is 6.08. The highest BCUT2D eigenvalue weighted by atomic mass is 35.5. The average molecular weight is 283 g/mol. The molecule has 0 amide bonds. The van der Waals surface area contributed by atoms with Crippen LogP contribution in [-0.2, 0) is 0 Å². The number of nitrogens with two attached hydrogens (primary N) is 1. The Morgan fingerprint density at radius 2 is 1.95 bits per heavy atom. The molecule has 0 aliphatic rings. The Balaban J connectivity index is 2.56. The van der Waals surface area contributed by atoms with E-state index in [1.807, 2.05) is 0 Å². The molecule has 0 aliphatic heterocycles. The molecule has 0 saturated heterocycles. The number of benzene rings is 2. The molecule has 0 aromatic heterocycles. The van der Waals surface area contributed by atoms with Gasteiger partial charge in [0.2, 0.25) is 0 Å². The van der Waals surface area contributed by atoms with Crippen LogP contribution in [0, 0.1) is 18.6 Å². The molecular formula is C14H13ClF2N2. The first kappa shape index (κ1) is 13.9. The topological polar surface area (TPSA) is 38.0 Å². The van der Waals surface area contributed by atoms with Gasteiger partial charge in [0.1, 0.15) is 11.6 Å². The molecule has 2 aromatic rings. The molecule has 19 heavy (non-hydrogen) atoms. The van der Waals surface area contributed by atoms with E-state index in [1.165, 1.54) is 24.3 Å². The van der Waals surface area contributed by atoms with Crippen LogP contribution in [-0.4, -0.2) is 0 Å². The Hall–Kier alpha value is -1.49. The van der Waals surface area contributed by atoms with Gasteiger partial charge in [-0.2, -0.15) is 0 Å². The van der Waals surface area contributed by atoms with Gasteiger partial charge in [0.15, 0.2) is 0 Å². The maximum atomic E-state index is 13.9. The third kappa shape index (κ3) is 2.76. The standard InChI is InChI=1S/C14H13ClF2N2/c1-8-7-9(16)5-6-10(8)14(19-18)13-11(15)3-2-4-12(13)17/h2-7,14,19H,18H2,1H3. The van der Waals surface area contributed by atoms with Crippen LogP contribution in [0.15, 0.2) is 36.4 Å². The smallest absolute Gasteiger partial charge is 0.129 e. The fraction of sp³-hybridized carbons (Fsp3) is 0.143. The molecule has 0 bridgehead atoms. The van der Waals surface area contributed by atoms with Crippen LogP contribution in [0.25, 0.3) is 0 Å². The van der Waals surface area contributed by atoms with E-state index >= 15 is 0 Å². The fourth-order valence-electron chi connectivity index (χ4n) is 2.08. The van der Waals surface area contributed by atoms with Crippen molar-refractivity contribution in [3.63, 3.8) is 0 Å². The molecule has 3 N–H and O–H groups in total. The summed E-state index contributed by atoms with van der Waals surface area (Å²) in [7, 11) is 0. The van der Waals surface area contributed by atoms with Crippen molar-refractivity contribution >= 4 is 11.6 Å². The third-order valence-corrected chi connectivity index (χ3v) is 3.33. The first-order valence-electron chi connectivity index (χ1n) is 5.70. The zero-order chi connectivity index (χ0) is 14.0. The Morgan fingerprint density at radius 1 is 1.21 bits per heavy atom. The number of hydrogen-bond donors (Lipinski definition) is 2. The maximum Gasteiger partial charge on any atom is 0.129 e. The van der Waals surface area contributed by atoms with Gasteiger partial charge in [0.05, 0.1) is 6.04 Å². The summed E-state index contributed by atoms with van der Waals surface area (Å²) in [6, 6.07) is 8.03. The second-order valence-electron chi connectivity index (χ2n) is 4.24. The molecule has 2 aromatic carbocycles. The van der Waals surface area contributed by atoms with Crippen molar-refractivity contribution in [1.82, 2.24) is 5.43 Å². The van der Waals surface area contributed by atoms with E-state index in [4.69, 9.17) is 17.4 Å². The largest absolute Gasteiger partial charge is 0.271 e. The molecule has 1 atom stereocenters. The molecule has 0 heterocycles. The Labute approximate surface area is 115 Å². The van der Waals surface area contributed by atoms with Crippen molar-refractivity contribution in [3.05, 3.63) is 69.7 Å². The summed E-state index contributed by atoms with van der Waals surface area (Å²) in [6.45, 7) is 1.73. The highest BCUT2D eigenvalue weighted by Crippen LogP contribution is 2.31. The summed E-state index contributed by atoms with van der Waals surface area (Å²) < 4.78 is 27.1. The maximum absolute atomic E-state index is 13.9. The summed E-state index contributed by atoms with van der Waals surface area (Å²) in [5.41, 5.74) is 4.13. The molecule has 2 rings (SSSR count). The monoisotopic (exact) mass is 282 g/mol. The van der Waals surface area contributed by atoms with E-state index in [-0.39, 0.29) is 16.4 Å². The quantitative estimate of drug-likeness (QED) is 0.668. The van der Waals surface area contributed by atoms with Gasteiger partial charge in [0, 0.05) is 10.6 Å². The van der Waals surface area contributed by atoms with Crippen LogP contribution < -0.4 is 11.3 Å². The number of hydrazine groups is 1. The highest BCUT2D eigenvalue weighted by Gasteiger charge is 2.21. The van der Waals surface area contributed by atoms with Crippen LogP contribution in [0.3, 0.4) is 0 Å². The van der Waals surface area contributed by atoms with E-state index in [0.717, 1.165) is 0 Å². The summed E-state index contributed by atoms with van der Waals surface area (Å²) in [4.78, 5) is 0. The van der Waals surface area contributed by atoms with Crippen molar-refractivity contribution in [2.45, 2.75) is 13.0 Å². The molecule has 1 unspecified atom stereocenters. The van der Waals surface area contributed by atoms with Gasteiger partial charge in [0.25, 0.3) is 0 Å². The molecule has 0 aliphatic carbocycles. The van der Waals surface area contributed by atoms with Crippen molar-refractivity contribution in [2.24, 2.45) is 5.84 Å². The predicted octanol–water partition coefficient (Wildman–Crippen LogP) is 3.48. The summed E-state index contributed by atoms with van der Waals surface area (Å²) in [5, 5.41) is 0.270. The molecule has 0 saturated carbocycles. The molecule has 5 heteroatoms. The van der Waals surface area contributed by atoms with Crippen LogP contribution >= 0.6 is 11.6 Å². The number of halogens is 3. The van der Waals surface area contributed by atoms with Crippen LogP contribution in [0.4, 0.5) is 8.78 Å². The van der Waals surface area contributed by atoms with E-state index in [0.29, 0.717) is 11.1 Å². The minimum atomic E-state index is -0.630. The van der Waals surface area contributed by atoms with E-state index in [2.05, 4.69) is 5.43 Å². The second-order valence-corrected chi connectivity index (χ2v) is 4.64. The number of hydrogen-bond acceptors (Lipinski definition) is 2. The van der Waals surface area contributed by atoms with Crippen molar-refractivity contribution < 1.29 is 8.78 Å². The Morgan fingerprint density at radius 3 is 2.53 bits per heavy atom. The SMILES string of the molecule is Cc1cc(F)ccc1C(NN)c1c(F)cccc1Cl. The molecule has 0 spiro atoms. The van der Waals surface area contributed by atoms with Gasteiger partial charge < -0.3 is 0 Å². The van der Waals surface area contributed by atoms with Crippen molar-refractivity contribution in [2.75, 3.05) is 0 Å². The minimum Gasteiger partial charge on any atom is -0.271 e. The number of aryl methyl sites for hydroxylation is 1. The highest BCUT2D eigenvalue weighted by molar-refractivity contribution is 6.31. The van der Waals surface area contributed by atoms with Gasteiger partial charge in [-0.15, -0.1) is 0 Å². The normalized spacial score (nSPS) is 12.5. The lowest BCUT2D eigenvalue weighted by atomic mass is 9.95. The second kappa shape index (κ2) is 5.65. The molecule has 0 fully saturated rings. The van der Waals surface area contributed by atoms with Crippen LogP contribution in [0.1, 0.15) is 22.7 Å². The van der Waals surface area contributed by atoms with Gasteiger partial charge in [-0.05, 0) is 42.3 Å². The molecule has 100 valence electrons. The first-order chi connectivity index (χ1) is 9.04. The number of rotatable bonds is 3. The van der Waals surface area contributed by atoms with E-state index in [9.17, 15) is 8.78 Å². The summed E-state index contributed by atoms with van der Waals surface area (Å²) in [5.74, 6) is 4.70. The van der Waals surface area contributed by atoms with Crippen LogP contribution in [0.5, 0.6) is 0 Å². The predicted molar refractivity (Wildman–Crippen MR) is 71.7 cm³/mol. The fourth-order valence-corrected chi connectivity index (χ4v) is 2.35. The van der Waals surface area contributed by atoms with Gasteiger partial charge in [-0.25, -0.2) is 14.2 Å². The summed E-state index contributed by atoms with van der Waals surface area (Å²) in [6.07, 6.45) is 0. The zero-order valence-electron chi connectivity index (χ0n) is 10.3. The van der Waals surface area contributed by atoms with Crippen molar-refractivity contribution in [1.29, 1.82) is 0 Å². The van der Waals surface area contributed by atoms with E-state index in [1.54, 1.807) is 19.1 Å².